The number of halogens is 1. The van der Waals surface area contributed by atoms with E-state index in [4.69, 9.17) is 0 Å². The molecule has 2 amide bonds. The normalized spacial score (nSPS) is 14.7. The highest BCUT2D eigenvalue weighted by molar-refractivity contribution is 9.10. The van der Waals surface area contributed by atoms with Crippen LogP contribution in [0.5, 0.6) is 0 Å². The molecule has 6 nitrogen and oxygen atoms in total. The number of hydrogen-bond donors (Lipinski definition) is 2. The van der Waals surface area contributed by atoms with Crippen LogP contribution in [-0.4, -0.2) is 56.5 Å². The zero-order chi connectivity index (χ0) is 19.2. The number of carbonyl (C=O) groups is 2. The van der Waals surface area contributed by atoms with Gasteiger partial charge in [-0.05, 0) is 49.5 Å². The molecule has 0 bridgehead atoms. The number of nitrogens with zero attached hydrogens (tertiary/aromatic N) is 2. The van der Waals surface area contributed by atoms with Gasteiger partial charge < -0.3 is 20.4 Å². The molecule has 0 unspecified atom stereocenters. The zero-order valence-electron chi connectivity index (χ0n) is 15.2. The highest BCUT2D eigenvalue weighted by Gasteiger charge is 2.14. The highest BCUT2D eigenvalue weighted by atomic mass is 79.9. The zero-order valence-corrected chi connectivity index (χ0v) is 16.8. The van der Waals surface area contributed by atoms with E-state index in [0.29, 0.717) is 5.56 Å². The van der Waals surface area contributed by atoms with Gasteiger partial charge in [0.1, 0.15) is 0 Å². The van der Waals surface area contributed by atoms with Gasteiger partial charge in [-0.3, -0.25) is 9.59 Å². The van der Waals surface area contributed by atoms with Crippen LogP contribution in [0.3, 0.4) is 0 Å². The third-order valence-corrected chi connectivity index (χ3v) is 5.01. The molecule has 1 saturated heterocycles. The Morgan fingerprint density at radius 1 is 1.04 bits per heavy atom. The lowest BCUT2D eigenvalue weighted by atomic mass is 10.2. The van der Waals surface area contributed by atoms with Crippen molar-refractivity contribution in [1.82, 2.24) is 10.2 Å². The van der Waals surface area contributed by atoms with E-state index in [2.05, 4.69) is 43.4 Å². The summed E-state index contributed by atoms with van der Waals surface area (Å²) in [6.07, 6.45) is 0. The summed E-state index contributed by atoms with van der Waals surface area (Å²) in [5, 5.41) is 5.44. The van der Waals surface area contributed by atoms with E-state index in [0.717, 1.165) is 42.0 Å². The van der Waals surface area contributed by atoms with Gasteiger partial charge in [0.25, 0.3) is 5.91 Å². The van der Waals surface area contributed by atoms with E-state index in [1.165, 1.54) is 0 Å². The van der Waals surface area contributed by atoms with Gasteiger partial charge in [0, 0.05) is 47.6 Å². The number of hydrogen-bond acceptors (Lipinski definition) is 4. The summed E-state index contributed by atoms with van der Waals surface area (Å²) >= 11 is 3.33. The molecule has 0 atom stereocenters. The van der Waals surface area contributed by atoms with Gasteiger partial charge in [0.2, 0.25) is 5.91 Å². The second kappa shape index (κ2) is 9.01. The van der Waals surface area contributed by atoms with Crippen LogP contribution in [0, 0.1) is 0 Å². The predicted octanol–water partition coefficient (Wildman–Crippen LogP) is 2.57. The van der Waals surface area contributed by atoms with Crippen molar-refractivity contribution in [1.29, 1.82) is 0 Å². The Balaban J connectivity index is 1.48. The van der Waals surface area contributed by atoms with Crippen molar-refractivity contribution in [2.24, 2.45) is 0 Å². The summed E-state index contributed by atoms with van der Waals surface area (Å²) in [6, 6.07) is 14.8. The first-order valence-electron chi connectivity index (χ1n) is 8.88. The lowest BCUT2D eigenvalue weighted by Crippen LogP contribution is -2.44. The van der Waals surface area contributed by atoms with Crippen LogP contribution >= 0.6 is 15.9 Å². The van der Waals surface area contributed by atoms with Crippen molar-refractivity contribution < 1.29 is 9.59 Å². The molecule has 0 aromatic heterocycles. The molecule has 3 rings (SSSR count). The second-order valence-corrected chi connectivity index (χ2v) is 7.49. The van der Waals surface area contributed by atoms with Crippen LogP contribution in [-0.2, 0) is 4.79 Å². The largest absolute Gasteiger partial charge is 0.369 e. The molecule has 1 aliphatic heterocycles. The van der Waals surface area contributed by atoms with Crippen molar-refractivity contribution in [3.8, 4) is 0 Å². The first-order chi connectivity index (χ1) is 13.0. The van der Waals surface area contributed by atoms with Gasteiger partial charge in [0.05, 0.1) is 6.54 Å². The van der Waals surface area contributed by atoms with Crippen molar-refractivity contribution in [2.45, 2.75) is 0 Å². The average Bonchev–Trinajstić information content (AvgIpc) is 2.67. The molecule has 1 fully saturated rings. The molecule has 7 heteroatoms. The second-order valence-electron chi connectivity index (χ2n) is 6.58. The van der Waals surface area contributed by atoms with Crippen molar-refractivity contribution >= 4 is 39.1 Å². The van der Waals surface area contributed by atoms with E-state index >= 15 is 0 Å². The highest BCUT2D eigenvalue weighted by Crippen LogP contribution is 2.19. The van der Waals surface area contributed by atoms with E-state index in [9.17, 15) is 9.59 Å². The standard InChI is InChI=1S/C20H23BrN4O2/c1-24-9-11-25(12-10-24)18-7-5-17(6-8-18)23-19(26)14-22-20(27)15-3-2-4-16(21)13-15/h2-8,13H,9-12,14H2,1H3,(H,22,27)(H,23,26). The summed E-state index contributed by atoms with van der Waals surface area (Å²) in [4.78, 5) is 28.8. The predicted molar refractivity (Wildman–Crippen MR) is 111 cm³/mol. The monoisotopic (exact) mass is 430 g/mol. The van der Waals surface area contributed by atoms with Crippen LogP contribution in [0.4, 0.5) is 11.4 Å². The molecule has 142 valence electrons. The number of nitrogens with one attached hydrogen (secondary N) is 2. The Morgan fingerprint density at radius 3 is 2.41 bits per heavy atom. The Labute approximate surface area is 167 Å². The topological polar surface area (TPSA) is 64.7 Å². The fourth-order valence-electron chi connectivity index (χ4n) is 2.92. The molecular weight excluding hydrogens is 408 g/mol. The maximum absolute atomic E-state index is 12.1. The Kier molecular flexibility index (Phi) is 6.47. The van der Waals surface area contributed by atoms with Gasteiger partial charge in [0.15, 0.2) is 0 Å². The molecule has 2 aromatic rings. The molecule has 0 spiro atoms. The average molecular weight is 431 g/mol. The van der Waals surface area contributed by atoms with Gasteiger partial charge in [-0.1, -0.05) is 22.0 Å². The molecule has 2 N–H and O–H groups in total. The Hall–Kier alpha value is -2.38. The molecule has 0 saturated carbocycles. The fourth-order valence-corrected chi connectivity index (χ4v) is 3.32. The fraction of sp³-hybridized carbons (Fsp3) is 0.300. The summed E-state index contributed by atoms with van der Waals surface area (Å²) in [7, 11) is 2.13. The smallest absolute Gasteiger partial charge is 0.251 e. The van der Waals surface area contributed by atoms with E-state index in [1.807, 2.05) is 30.3 Å². The van der Waals surface area contributed by atoms with Gasteiger partial charge in [-0.2, -0.15) is 0 Å². The van der Waals surface area contributed by atoms with E-state index < -0.39 is 0 Å². The molecule has 1 aliphatic rings. The Bertz CT molecular complexity index is 802. The molecular formula is C20H23BrN4O2. The maximum atomic E-state index is 12.1. The van der Waals surface area contributed by atoms with E-state index in [-0.39, 0.29) is 18.4 Å². The van der Waals surface area contributed by atoms with Crippen LogP contribution in [0.15, 0.2) is 53.0 Å². The van der Waals surface area contributed by atoms with Gasteiger partial charge in [-0.15, -0.1) is 0 Å². The van der Waals surface area contributed by atoms with Crippen molar-refractivity contribution in [3.05, 3.63) is 58.6 Å². The summed E-state index contributed by atoms with van der Waals surface area (Å²) in [6.45, 7) is 4.03. The third-order valence-electron chi connectivity index (χ3n) is 4.52. The third kappa shape index (κ3) is 5.55. The molecule has 2 aromatic carbocycles. The quantitative estimate of drug-likeness (QED) is 0.764. The number of amides is 2. The first-order valence-corrected chi connectivity index (χ1v) is 9.68. The minimum atomic E-state index is -0.281. The van der Waals surface area contributed by atoms with E-state index in [1.54, 1.807) is 18.2 Å². The molecule has 27 heavy (non-hydrogen) atoms. The number of anilines is 2. The van der Waals surface area contributed by atoms with Crippen LogP contribution in [0.1, 0.15) is 10.4 Å². The summed E-state index contributed by atoms with van der Waals surface area (Å²) < 4.78 is 0.819. The number of benzene rings is 2. The number of rotatable bonds is 5. The minimum absolute atomic E-state index is 0.0778. The SMILES string of the molecule is CN1CCN(c2ccc(NC(=O)CNC(=O)c3cccc(Br)c3)cc2)CC1. The lowest BCUT2D eigenvalue weighted by Gasteiger charge is -2.34. The summed E-state index contributed by atoms with van der Waals surface area (Å²) in [5.74, 6) is -0.539. The maximum Gasteiger partial charge on any atom is 0.251 e. The minimum Gasteiger partial charge on any atom is -0.369 e. The van der Waals surface area contributed by atoms with Crippen LogP contribution in [0.25, 0.3) is 0 Å². The first kappa shape index (κ1) is 19.4. The molecule has 0 radical (unpaired) electrons. The van der Waals surface area contributed by atoms with Crippen LogP contribution < -0.4 is 15.5 Å². The van der Waals surface area contributed by atoms with Crippen LogP contribution in [0.2, 0.25) is 0 Å². The molecule has 1 heterocycles. The number of carbonyl (C=O) groups excluding carboxylic acids is 2. The number of likely N-dealkylation sites (N-methyl/N-ethyl adjacent to an activating group) is 1. The summed E-state index contributed by atoms with van der Waals surface area (Å²) in [5.41, 5.74) is 2.38. The van der Waals surface area contributed by atoms with Gasteiger partial charge >= 0.3 is 0 Å². The van der Waals surface area contributed by atoms with Crippen molar-refractivity contribution in [3.63, 3.8) is 0 Å². The Morgan fingerprint density at radius 2 is 1.74 bits per heavy atom. The molecule has 0 aliphatic carbocycles. The lowest BCUT2D eigenvalue weighted by molar-refractivity contribution is -0.115. The number of piperazine rings is 1. The van der Waals surface area contributed by atoms with Gasteiger partial charge in [-0.25, -0.2) is 0 Å². The van der Waals surface area contributed by atoms with Crippen molar-refractivity contribution in [2.75, 3.05) is 50.0 Å².